The molecule has 1 unspecified atom stereocenters. The topological polar surface area (TPSA) is 9.23 Å². The van der Waals surface area contributed by atoms with Gasteiger partial charge in [0.15, 0.2) is 0 Å². The van der Waals surface area contributed by atoms with E-state index in [4.69, 9.17) is 4.74 Å². The lowest BCUT2D eigenvalue weighted by molar-refractivity contribution is 0.419. The summed E-state index contributed by atoms with van der Waals surface area (Å²) in [5, 5.41) is 2.52. The van der Waals surface area contributed by atoms with Crippen molar-refractivity contribution in [3.8, 4) is 5.75 Å². The summed E-state index contributed by atoms with van der Waals surface area (Å²) in [4.78, 5) is 0.446. The van der Waals surface area contributed by atoms with Gasteiger partial charge in [-0.05, 0) is 29.4 Å². The van der Waals surface area contributed by atoms with Gasteiger partial charge in [0.25, 0.3) is 0 Å². The zero-order valence-electron chi connectivity index (χ0n) is 11.9. The molecule has 2 aromatic rings. The van der Waals surface area contributed by atoms with Crippen molar-refractivity contribution >= 4 is 26.7 Å². The number of ether oxygens (including phenoxy) is 1. The second-order valence-electron chi connectivity index (χ2n) is 5.76. The van der Waals surface area contributed by atoms with E-state index in [0.717, 1.165) is 11.7 Å². The Morgan fingerprint density at radius 3 is 2.50 bits per heavy atom. The number of benzene rings is 2. The van der Waals surface area contributed by atoms with Crippen LogP contribution in [-0.4, -0.2) is 7.11 Å². The van der Waals surface area contributed by atoms with Crippen LogP contribution >= 0.6 is 15.9 Å². The molecule has 1 atom stereocenters. The average Bonchev–Trinajstić information content (AvgIpc) is 2.99. The van der Waals surface area contributed by atoms with Crippen LogP contribution in [0, 0.1) is 5.92 Å². The maximum absolute atomic E-state index is 5.48. The molecule has 0 N–H and O–H groups in total. The first-order valence-corrected chi connectivity index (χ1v) is 8.41. The third-order valence-corrected chi connectivity index (χ3v) is 5.36. The van der Waals surface area contributed by atoms with Crippen molar-refractivity contribution in [2.45, 2.75) is 36.9 Å². The van der Waals surface area contributed by atoms with Gasteiger partial charge >= 0.3 is 0 Å². The molecule has 106 valence electrons. The van der Waals surface area contributed by atoms with Gasteiger partial charge in [-0.25, -0.2) is 0 Å². The highest BCUT2D eigenvalue weighted by molar-refractivity contribution is 9.09. The summed E-state index contributed by atoms with van der Waals surface area (Å²) in [5.41, 5.74) is 1.40. The summed E-state index contributed by atoms with van der Waals surface area (Å²) in [6, 6.07) is 12.9. The molecule has 0 bridgehead atoms. The molecule has 2 heteroatoms. The lowest BCUT2D eigenvalue weighted by Crippen LogP contribution is -2.00. The summed E-state index contributed by atoms with van der Waals surface area (Å²) >= 11 is 3.92. The van der Waals surface area contributed by atoms with Crippen LogP contribution in [0.5, 0.6) is 5.75 Å². The summed E-state index contributed by atoms with van der Waals surface area (Å²) in [5.74, 6) is 1.85. The van der Waals surface area contributed by atoms with Crippen LogP contribution in [0.2, 0.25) is 0 Å². The van der Waals surface area contributed by atoms with Gasteiger partial charge < -0.3 is 4.74 Å². The van der Waals surface area contributed by atoms with Crippen LogP contribution in [-0.2, 0) is 0 Å². The number of alkyl halides is 1. The molecule has 0 aromatic heterocycles. The van der Waals surface area contributed by atoms with Crippen LogP contribution in [0.1, 0.15) is 42.5 Å². The second-order valence-corrected chi connectivity index (χ2v) is 6.86. The lowest BCUT2D eigenvalue weighted by atomic mass is 9.94. The van der Waals surface area contributed by atoms with Gasteiger partial charge in [0, 0.05) is 10.2 Å². The predicted octanol–water partition coefficient (Wildman–Crippen LogP) is 5.86. The highest BCUT2D eigenvalue weighted by Gasteiger charge is 2.21. The molecule has 0 amide bonds. The number of fused-ring (bicyclic) bond motifs is 1. The van der Waals surface area contributed by atoms with Gasteiger partial charge in [0.05, 0.1) is 7.11 Å². The van der Waals surface area contributed by atoms with E-state index < -0.39 is 0 Å². The molecule has 0 radical (unpaired) electrons. The lowest BCUT2D eigenvalue weighted by Gasteiger charge is -2.18. The van der Waals surface area contributed by atoms with E-state index in [9.17, 15) is 0 Å². The highest BCUT2D eigenvalue weighted by Crippen LogP contribution is 2.41. The van der Waals surface area contributed by atoms with Crippen molar-refractivity contribution in [2.75, 3.05) is 7.11 Å². The Balaban J connectivity index is 1.94. The van der Waals surface area contributed by atoms with E-state index in [2.05, 4.69) is 52.3 Å². The summed E-state index contributed by atoms with van der Waals surface area (Å²) in [6.45, 7) is 0. The standard InChI is InChI=1S/C18H21BrO/c1-20-18-11-10-15(14-8-4-5-9-16(14)18)17(19)12-13-6-2-3-7-13/h4-5,8-11,13,17H,2-3,6-7,12H2,1H3. The fourth-order valence-electron chi connectivity index (χ4n) is 3.41. The molecule has 2 aromatic carbocycles. The molecule has 0 heterocycles. The summed E-state index contributed by atoms with van der Waals surface area (Å²) in [7, 11) is 1.74. The normalized spacial score (nSPS) is 17.5. The number of hydrogen-bond donors (Lipinski definition) is 0. The predicted molar refractivity (Wildman–Crippen MR) is 88.7 cm³/mol. The minimum absolute atomic E-state index is 0.446. The van der Waals surface area contributed by atoms with Crippen molar-refractivity contribution in [1.29, 1.82) is 0 Å². The van der Waals surface area contributed by atoms with E-state index in [1.165, 1.54) is 48.4 Å². The van der Waals surface area contributed by atoms with Gasteiger partial charge in [-0.2, -0.15) is 0 Å². The number of rotatable bonds is 4. The number of methoxy groups -OCH3 is 1. The maximum atomic E-state index is 5.48. The van der Waals surface area contributed by atoms with E-state index >= 15 is 0 Å². The first-order valence-electron chi connectivity index (χ1n) is 7.49. The van der Waals surface area contributed by atoms with E-state index in [1.807, 2.05) is 0 Å². The zero-order valence-corrected chi connectivity index (χ0v) is 13.5. The van der Waals surface area contributed by atoms with E-state index in [-0.39, 0.29) is 0 Å². The Morgan fingerprint density at radius 1 is 1.10 bits per heavy atom. The third-order valence-electron chi connectivity index (χ3n) is 4.49. The molecule has 1 aliphatic carbocycles. The van der Waals surface area contributed by atoms with E-state index in [1.54, 1.807) is 7.11 Å². The summed E-state index contributed by atoms with van der Waals surface area (Å²) in [6.07, 6.45) is 6.87. The Labute approximate surface area is 129 Å². The van der Waals surface area contributed by atoms with Gasteiger partial charge in [0.2, 0.25) is 0 Å². The van der Waals surface area contributed by atoms with Crippen LogP contribution < -0.4 is 4.74 Å². The number of hydrogen-bond acceptors (Lipinski definition) is 1. The minimum atomic E-state index is 0.446. The second kappa shape index (κ2) is 6.17. The zero-order chi connectivity index (χ0) is 13.9. The Hall–Kier alpha value is -1.02. The van der Waals surface area contributed by atoms with Crippen LogP contribution in [0.25, 0.3) is 10.8 Å². The highest BCUT2D eigenvalue weighted by atomic mass is 79.9. The van der Waals surface area contributed by atoms with Crippen LogP contribution in [0.3, 0.4) is 0 Å². The van der Waals surface area contributed by atoms with Crippen LogP contribution in [0.15, 0.2) is 36.4 Å². The fourth-order valence-corrected chi connectivity index (χ4v) is 4.34. The van der Waals surface area contributed by atoms with Gasteiger partial charge in [-0.3, -0.25) is 0 Å². The Kier molecular flexibility index (Phi) is 4.30. The van der Waals surface area contributed by atoms with Crippen molar-refractivity contribution in [2.24, 2.45) is 5.92 Å². The third kappa shape index (κ3) is 2.71. The molecule has 1 fully saturated rings. The van der Waals surface area contributed by atoms with Gasteiger partial charge in [-0.15, -0.1) is 0 Å². The molecule has 1 saturated carbocycles. The maximum Gasteiger partial charge on any atom is 0.126 e. The molecule has 20 heavy (non-hydrogen) atoms. The first kappa shape index (κ1) is 13.9. The van der Waals surface area contributed by atoms with E-state index in [0.29, 0.717) is 4.83 Å². The number of halogens is 1. The Bertz CT molecular complexity index is 587. The average molecular weight is 333 g/mol. The molecular formula is C18H21BrO. The monoisotopic (exact) mass is 332 g/mol. The van der Waals surface area contributed by atoms with Crippen molar-refractivity contribution in [1.82, 2.24) is 0 Å². The quantitative estimate of drug-likeness (QED) is 0.636. The van der Waals surface area contributed by atoms with Gasteiger partial charge in [0.1, 0.15) is 5.75 Å². The van der Waals surface area contributed by atoms with Crippen LogP contribution in [0.4, 0.5) is 0 Å². The molecular weight excluding hydrogens is 312 g/mol. The molecule has 0 aliphatic heterocycles. The molecule has 1 nitrogen and oxygen atoms in total. The molecule has 0 saturated heterocycles. The van der Waals surface area contributed by atoms with Gasteiger partial charge in [-0.1, -0.05) is 71.9 Å². The Morgan fingerprint density at radius 2 is 1.80 bits per heavy atom. The molecule has 1 aliphatic rings. The van der Waals surface area contributed by atoms with Crippen molar-refractivity contribution in [3.05, 3.63) is 42.0 Å². The molecule has 0 spiro atoms. The first-order chi connectivity index (χ1) is 9.79. The fraction of sp³-hybridized carbons (Fsp3) is 0.444. The van der Waals surface area contributed by atoms with Crippen molar-refractivity contribution in [3.63, 3.8) is 0 Å². The minimum Gasteiger partial charge on any atom is -0.496 e. The largest absolute Gasteiger partial charge is 0.496 e. The van der Waals surface area contributed by atoms with Crippen molar-refractivity contribution < 1.29 is 4.74 Å². The smallest absolute Gasteiger partial charge is 0.126 e. The summed E-state index contributed by atoms with van der Waals surface area (Å²) < 4.78 is 5.48. The SMILES string of the molecule is COc1ccc(C(Br)CC2CCCC2)c2ccccc12. The molecule has 3 rings (SSSR count).